The zero-order valence-electron chi connectivity index (χ0n) is 10.8. The molecule has 1 unspecified atom stereocenters. The van der Waals surface area contributed by atoms with Crippen LogP contribution in [0.2, 0.25) is 0 Å². The topological polar surface area (TPSA) is 58.2 Å². The average Bonchev–Trinajstić information content (AvgIpc) is 2.16. The van der Waals surface area contributed by atoms with Crippen LogP contribution in [0.5, 0.6) is 0 Å². The summed E-state index contributed by atoms with van der Waals surface area (Å²) >= 11 is 0. The molecule has 0 radical (unpaired) electrons. The van der Waals surface area contributed by atoms with Gasteiger partial charge in [0.25, 0.3) is 0 Å². The van der Waals surface area contributed by atoms with Gasteiger partial charge in [0, 0.05) is 13.1 Å². The summed E-state index contributed by atoms with van der Waals surface area (Å²) in [5, 5.41) is 3.16. The predicted molar refractivity (Wildman–Crippen MR) is 69.0 cm³/mol. The summed E-state index contributed by atoms with van der Waals surface area (Å²) in [5.41, 5.74) is 0. The van der Waals surface area contributed by atoms with Gasteiger partial charge >= 0.3 is 0 Å². The van der Waals surface area contributed by atoms with Crippen molar-refractivity contribution in [3.05, 3.63) is 0 Å². The van der Waals surface area contributed by atoms with E-state index in [1.807, 2.05) is 6.92 Å². The average molecular weight is 250 g/mol. The highest BCUT2D eigenvalue weighted by molar-refractivity contribution is 7.89. The molecule has 0 aromatic rings. The summed E-state index contributed by atoms with van der Waals surface area (Å²) in [6.45, 7) is 8.28. The van der Waals surface area contributed by atoms with Crippen molar-refractivity contribution >= 4 is 10.0 Å². The van der Waals surface area contributed by atoms with Gasteiger partial charge in [0.1, 0.15) is 0 Å². The molecule has 0 fully saturated rings. The van der Waals surface area contributed by atoms with E-state index in [-0.39, 0.29) is 11.7 Å². The normalized spacial score (nSPS) is 13.9. The van der Waals surface area contributed by atoms with Gasteiger partial charge in [0.15, 0.2) is 0 Å². The second kappa shape index (κ2) is 8.96. The van der Waals surface area contributed by atoms with Gasteiger partial charge in [0.05, 0.1) is 5.75 Å². The predicted octanol–water partition coefficient (Wildman–Crippen LogP) is 1.34. The maximum absolute atomic E-state index is 11.6. The monoisotopic (exact) mass is 250 g/mol. The van der Waals surface area contributed by atoms with Crippen LogP contribution < -0.4 is 10.0 Å². The highest BCUT2D eigenvalue weighted by atomic mass is 32.2. The maximum atomic E-state index is 11.6. The van der Waals surface area contributed by atoms with Gasteiger partial charge in [-0.15, -0.1) is 0 Å². The SMILES string of the molecule is CCCNCCNS(=O)(=O)CC(C)CCC. The van der Waals surface area contributed by atoms with E-state index in [1.54, 1.807) is 0 Å². The van der Waals surface area contributed by atoms with Crippen molar-refractivity contribution in [1.82, 2.24) is 10.0 Å². The molecule has 4 nitrogen and oxygen atoms in total. The molecule has 2 N–H and O–H groups in total. The van der Waals surface area contributed by atoms with Crippen LogP contribution in [-0.2, 0) is 10.0 Å². The second-order valence-corrected chi connectivity index (χ2v) is 6.17. The molecule has 0 saturated carbocycles. The van der Waals surface area contributed by atoms with Crippen LogP contribution in [-0.4, -0.2) is 33.8 Å². The van der Waals surface area contributed by atoms with Crippen molar-refractivity contribution in [2.45, 2.75) is 40.0 Å². The molecule has 0 rings (SSSR count). The lowest BCUT2D eigenvalue weighted by Gasteiger charge is -2.11. The van der Waals surface area contributed by atoms with Gasteiger partial charge in [-0.2, -0.15) is 0 Å². The Morgan fingerprint density at radius 1 is 1.06 bits per heavy atom. The van der Waals surface area contributed by atoms with Crippen LogP contribution in [0, 0.1) is 5.92 Å². The van der Waals surface area contributed by atoms with E-state index in [1.165, 1.54) is 0 Å². The third kappa shape index (κ3) is 9.12. The molecule has 0 aromatic carbocycles. The van der Waals surface area contributed by atoms with E-state index in [0.29, 0.717) is 13.1 Å². The zero-order valence-corrected chi connectivity index (χ0v) is 11.6. The van der Waals surface area contributed by atoms with Gasteiger partial charge in [0.2, 0.25) is 10.0 Å². The Morgan fingerprint density at radius 3 is 2.31 bits per heavy atom. The number of hydrogen-bond donors (Lipinski definition) is 2. The number of hydrogen-bond acceptors (Lipinski definition) is 3. The molecule has 1 atom stereocenters. The molecular weight excluding hydrogens is 224 g/mol. The third-order valence-electron chi connectivity index (χ3n) is 2.34. The molecule has 98 valence electrons. The Kier molecular flexibility index (Phi) is 8.89. The van der Waals surface area contributed by atoms with Gasteiger partial charge in [-0.05, 0) is 25.3 Å². The Morgan fingerprint density at radius 2 is 1.75 bits per heavy atom. The van der Waals surface area contributed by atoms with Gasteiger partial charge in [-0.3, -0.25) is 0 Å². The minimum atomic E-state index is -3.08. The highest BCUT2D eigenvalue weighted by Crippen LogP contribution is 2.07. The lowest BCUT2D eigenvalue weighted by molar-refractivity contribution is 0.534. The Bertz CT molecular complexity index is 253. The summed E-state index contributed by atoms with van der Waals surface area (Å²) < 4.78 is 25.8. The fraction of sp³-hybridized carbons (Fsp3) is 1.00. The van der Waals surface area contributed by atoms with Crippen molar-refractivity contribution in [1.29, 1.82) is 0 Å². The molecule has 16 heavy (non-hydrogen) atoms. The van der Waals surface area contributed by atoms with Crippen molar-refractivity contribution < 1.29 is 8.42 Å². The zero-order chi connectivity index (χ0) is 12.4. The van der Waals surface area contributed by atoms with Crippen molar-refractivity contribution in [3.63, 3.8) is 0 Å². The molecule has 0 amide bonds. The molecule has 0 aromatic heterocycles. The summed E-state index contributed by atoms with van der Waals surface area (Å²) in [6, 6.07) is 0. The van der Waals surface area contributed by atoms with Crippen molar-refractivity contribution in [3.8, 4) is 0 Å². The van der Waals surface area contributed by atoms with Crippen molar-refractivity contribution in [2.24, 2.45) is 5.92 Å². The van der Waals surface area contributed by atoms with E-state index in [9.17, 15) is 8.42 Å². The molecule has 5 heteroatoms. The van der Waals surface area contributed by atoms with Crippen LogP contribution >= 0.6 is 0 Å². The minimum absolute atomic E-state index is 0.242. The van der Waals surface area contributed by atoms with Gasteiger partial charge in [-0.25, -0.2) is 13.1 Å². The molecule has 0 aliphatic carbocycles. The molecular formula is C11H26N2O2S. The lowest BCUT2D eigenvalue weighted by atomic mass is 10.1. The molecule has 0 heterocycles. The summed E-state index contributed by atoms with van der Waals surface area (Å²) in [4.78, 5) is 0. The van der Waals surface area contributed by atoms with Crippen LogP contribution in [0.25, 0.3) is 0 Å². The fourth-order valence-electron chi connectivity index (χ4n) is 1.61. The Hall–Kier alpha value is -0.130. The van der Waals surface area contributed by atoms with Crippen LogP contribution in [0.3, 0.4) is 0 Å². The first-order valence-corrected chi connectivity index (χ1v) is 7.85. The van der Waals surface area contributed by atoms with E-state index >= 15 is 0 Å². The molecule has 0 aliphatic rings. The van der Waals surface area contributed by atoms with Crippen LogP contribution in [0.4, 0.5) is 0 Å². The maximum Gasteiger partial charge on any atom is 0.211 e. The Labute approximate surface area is 100 Å². The van der Waals surface area contributed by atoms with Gasteiger partial charge in [-0.1, -0.05) is 27.2 Å². The van der Waals surface area contributed by atoms with Crippen molar-refractivity contribution in [2.75, 3.05) is 25.4 Å². The van der Waals surface area contributed by atoms with E-state index in [4.69, 9.17) is 0 Å². The quantitative estimate of drug-likeness (QED) is 0.575. The molecule has 0 saturated heterocycles. The number of rotatable bonds is 10. The first-order chi connectivity index (χ1) is 7.52. The fourth-order valence-corrected chi connectivity index (χ4v) is 3.05. The molecule has 0 aliphatic heterocycles. The molecule has 0 bridgehead atoms. The first-order valence-electron chi connectivity index (χ1n) is 6.19. The summed E-state index contributed by atoms with van der Waals surface area (Å²) in [7, 11) is -3.08. The largest absolute Gasteiger partial charge is 0.315 e. The second-order valence-electron chi connectivity index (χ2n) is 4.32. The van der Waals surface area contributed by atoms with Crippen LogP contribution in [0.1, 0.15) is 40.0 Å². The number of nitrogens with one attached hydrogen (secondary N) is 2. The smallest absolute Gasteiger partial charge is 0.211 e. The van der Waals surface area contributed by atoms with E-state index in [2.05, 4.69) is 23.9 Å². The summed E-state index contributed by atoms with van der Waals surface area (Å²) in [5.74, 6) is 0.486. The Balaban J connectivity index is 3.70. The molecule has 0 spiro atoms. The highest BCUT2D eigenvalue weighted by Gasteiger charge is 2.13. The number of sulfonamides is 1. The van der Waals surface area contributed by atoms with Gasteiger partial charge < -0.3 is 5.32 Å². The summed E-state index contributed by atoms with van der Waals surface area (Å²) in [6.07, 6.45) is 3.07. The van der Waals surface area contributed by atoms with E-state index in [0.717, 1.165) is 25.8 Å². The third-order valence-corrected chi connectivity index (χ3v) is 3.99. The lowest BCUT2D eigenvalue weighted by Crippen LogP contribution is -2.35. The van der Waals surface area contributed by atoms with E-state index < -0.39 is 10.0 Å². The minimum Gasteiger partial charge on any atom is -0.315 e. The standard InChI is InChI=1S/C11H26N2O2S/c1-4-6-11(3)10-16(14,15)13-9-8-12-7-5-2/h11-13H,4-10H2,1-3H3. The van der Waals surface area contributed by atoms with Crippen LogP contribution in [0.15, 0.2) is 0 Å². The first kappa shape index (κ1) is 15.9.